The summed E-state index contributed by atoms with van der Waals surface area (Å²) in [7, 11) is 0. The van der Waals surface area contributed by atoms with Crippen LogP contribution in [0.25, 0.3) is 0 Å². The molecule has 0 spiro atoms. The maximum absolute atomic E-state index is 3.72. The Kier molecular flexibility index (Phi) is 5.22. The molecule has 1 aliphatic heterocycles. The molecule has 0 saturated carbocycles. The molecule has 1 saturated heterocycles. The third-order valence-corrected chi connectivity index (χ3v) is 4.64. The molecule has 1 aliphatic rings. The second-order valence-electron chi connectivity index (χ2n) is 7.23. The highest BCUT2D eigenvalue weighted by molar-refractivity contribution is 5.16. The van der Waals surface area contributed by atoms with Crippen LogP contribution >= 0.6 is 0 Å². The predicted octanol–water partition coefficient (Wildman–Crippen LogP) is 3.33. The molecule has 0 bridgehead atoms. The van der Waals surface area contributed by atoms with Crippen molar-refractivity contribution >= 4 is 0 Å². The van der Waals surface area contributed by atoms with E-state index >= 15 is 0 Å². The van der Waals surface area contributed by atoms with Gasteiger partial charge in [0.05, 0.1) is 0 Å². The lowest BCUT2D eigenvalue weighted by Crippen LogP contribution is -2.47. The monoisotopic (exact) mass is 274 g/mol. The molecule has 20 heavy (non-hydrogen) atoms. The third kappa shape index (κ3) is 4.32. The van der Waals surface area contributed by atoms with Crippen molar-refractivity contribution in [2.24, 2.45) is 5.41 Å². The van der Waals surface area contributed by atoms with Crippen molar-refractivity contribution < 1.29 is 0 Å². The van der Waals surface area contributed by atoms with Crippen LogP contribution in [-0.4, -0.2) is 36.6 Å². The van der Waals surface area contributed by atoms with Crippen molar-refractivity contribution in [3.8, 4) is 0 Å². The summed E-state index contributed by atoms with van der Waals surface area (Å²) in [4.78, 5) is 2.67. The molecule has 0 amide bonds. The summed E-state index contributed by atoms with van der Waals surface area (Å²) in [6, 6.07) is 12.1. The van der Waals surface area contributed by atoms with Gasteiger partial charge in [-0.3, -0.25) is 4.90 Å². The second kappa shape index (κ2) is 6.73. The van der Waals surface area contributed by atoms with Crippen molar-refractivity contribution in [3.05, 3.63) is 35.9 Å². The van der Waals surface area contributed by atoms with Crippen LogP contribution in [0, 0.1) is 5.41 Å². The molecule has 1 heterocycles. The second-order valence-corrected chi connectivity index (χ2v) is 7.23. The Morgan fingerprint density at radius 2 is 1.95 bits per heavy atom. The van der Waals surface area contributed by atoms with Crippen LogP contribution in [0.2, 0.25) is 0 Å². The zero-order chi connectivity index (χ0) is 14.6. The van der Waals surface area contributed by atoms with Gasteiger partial charge < -0.3 is 5.32 Å². The molecule has 2 atom stereocenters. The smallest absolute Gasteiger partial charge is 0.0235 e. The van der Waals surface area contributed by atoms with Crippen molar-refractivity contribution in [1.29, 1.82) is 0 Å². The van der Waals surface area contributed by atoms with Gasteiger partial charge in [0, 0.05) is 18.6 Å². The zero-order valence-electron chi connectivity index (χ0n) is 13.5. The van der Waals surface area contributed by atoms with Crippen molar-refractivity contribution in [1.82, 2.24) is 10.2 Å². The average molecular weight is 274 g/mol. The van der Waals surface area contributed by atoms with E-state index in [-0.39, 0.29) is 0 Å². The molecule has 2 rings (SSSR count). The topological polar surface area (TPSA) is 15.3 Å². The molecule has 0 aromatic heterocycles. The predicted molar refractivity (Wildman–Crippen MR) is 87.0 cm³/mol. The lowest BCUT2D eigenvalue weighted by molar-refractivity contribution is 0.111. The van der Waals surface area contributed by atoms with Crippen LogP contribution in [0.5, 0.6) is 0 Å². The highest BCUT2D eigenvalue weighted by Crippen LogP contribution is 2.25. The minimum absolute atomic E-state index is 0.349. The SMILES string of the molecule is CC(N1CCCNC(Cc2ccccc2)C1)C(C)(C)C. The molecule has 0 radical (unpaired) electrons. The van der Waals surface area contributed by atoms with Crippen LogP contribution in [0.15, 0.2) is 30.3 Å². The first-order valence-electron chi connectivity index (χ1n) is 7.98. The fourth-order valence-corrected chi connectivity index (χ4v) is 2.96. The molecule has 2 unspecified atom stereocenters. The number of benzene rings is 1. The number of hydrogen-bond acceptors (Lipinski definition) is 2. The highest BCUT2D eigenvalue weighted by Gasteiger charge is 2.29. The number of nitrogens with zero attached hydrogens (tertiary/aromatic N) is 1. The van der Waals surface area contributed by atoms with E-state index in [1.54, 1.807) is 0 Å². The van der Waals surface area contributed by atoms with E-state index < -0.39 is 0 Å². The van der Waals surface area contributed by atoms with E-state index in [0.29, 0.717) is 17.5 Å². The first kappa shape index (κ1) is 15.5. The summed E-state index contributed by atoms with van der Waals surface area (Å²) in [5.74, 6) is 0. The van der Waals surface area contributed by atoms with E-state index in [2.05, 4.69) is 68.2 Å². The maximum atomic E-state index is 3.72. The highest BCUT2D eigenvalue weighted by atomic mass is 15.2. The van der Waals surface area contributed by atoms with Crippen LogP contribution < -0.4 is 5.32 Å². The van der Waals surface area contributed by atoms with E-state index in [1.165, 1.54) is 18.5 Å². The van der Waals surface area contributed by atoms with Crippen molar-refractivity contribution in [3.63, 3.8) is 0 Å². The Hall–Kier alpha value is -0.860. The molecule has 1 N–H and O–H groups in total. The van der Waals surface area contributed by atoms with Gasteiger partial charge in [-0.2, -0.15) is 0 Å². The first-order chi connectivity index (χ1) is 9.47. The maximum Gasteiger partial charge on any atom is 0.0235 e. The van der Waals surface area contributed by atoms with Gasteiger partial charge in [0.2, 0.25) is 0 Å². The average Bonchev–Trinajstić information content (AvgIpc) is 2.63. The molecular formula is C18H30N2. The number of hydrogen-bond donors (Lipinski definition) is 1. The largest absolute Gasteiger partial charge is 0.312 e. The summed E-state index contributed by atoms with van der Waals surface area (Å²) in [6.07, 6.45) is 2.39. The summed E-state index contributed by atoms with van der Waals surface area (Å²) >= 11 is 0. The van der Waals surface area contributed by atoms with Gasteiger partial charge in [0.15, 0.2) is 0 Å². The normalized spacial score (nSPS) is 23.3. The lowest BCUT2D eigenvalue weighted by Gasteiger charge is -2.38. The third-order valence-electron chi connectivity index (χ3n) is 4.64. The summed E-state index contributed by atoms with van der Waals surface area (Å²) < 4.78 is 0. The van der Waals surface area contributed by atoms with Crippen molar-refractivity contribution in [2.45, 2.75) is 52.6 Å². The van der Waals surface area contributed by atoms with Crippen LogP contribution in [0.4, 0.5) is 0 Å². The van der Waals surface area contributed by atoms with Crippen LogP contribution in [0.3, 0.4) is 0 Å². The molecule has 0 aliphatic carbocycles. The zero-order valence-corrected chi connectivity index (χ0v) is 13.5. The van der Waals surface area contributed by atoms with Crippen molar-refractivity contribution in [2.75, 3.05) is 19.6 Å². The van der Waals surface area contributed by atoms with E-state index in [0.717, 1.165) is 19.5 Å². The van der Waals surface area contributed by atoms with Crippen LogP contribution in [-0.2, 0) is 6.42 Å². The fraction of sp³-hybridized carbons (Fsp3) is 0.667. The Morgan fingerprint density at radius 1 is 1.25 bits per heavy atom. The Labute approximate surface area is 124 Å². The lowest BCUT2D eigenvalue weighted by atomic mass is 9.86. The summed E-state index contributed by atoms with van der Waals surface area (Å²) in [5.41, 5.74) is 1.79. The molecule has 112 valence electrons. The number of nitrogens with one attached hydrogen (secondary N) is 1. The molecule has 1 aromatic rings. The standard InChI is InChI=1S/C18H30N2/c1-15(18(2,3)4)20-12-8-11-19-17(14-20)13-16-9-6-5-7-10-16/h5-7,9-10,15,17,19H,8,11-14H2,1-4H3. The minimum Gasteiger partial charge on any atom is -0.312 e. The molecular weight excluding hydrogens is 244 g/mol. The van der Waals surface area contributed by atoms with Gasteiger partial charge in [-0.05, 0) is 43.8 Å². The first-order valence-corrected chi connectivity index (χ1v) is 7.98. The fourth-order valence-electron chi connectivity index (χ4n) is 2.96. The van der Waals surface area contributed by atoms with Gasteiger partial charge in [-0.1, -0.05) is 51.1 Å². The molecule has 1 fully saturated rings. The Bertz CT molecular complexity index is 394. The van der Waals surface area contributed by atoms with Gasteiger partial charge in [-0.15, -0.1) is 0 Å². The number of rotatable bonds is 3. The van der Waals surface area contributed by atoms with Gasteiger partial charge in [0.25, 0.3) is 0 Å². The van der Waals surface area contributed by atoms with Gasteiger partial charge in [0.1, 0.15) is 0 Å². The Morgan fingerprint density at radius 3 is 2.60 bits per heavy atom. The summed E-state index contributed by atoms with van der Waals surface area (Å²) in [5, 5.41) is 3.72. The Balaban J connectivity index is 2.00. The van der Waals surface area contributed by atoms with Gasteiger partial charge >= 0.3 is 0 Å². The molecule has 2 nitrogen and oxygen atoms in total. The van der Waals surface area contributed by atoms with Crippen LogP contribution in [0.1, 0.15) is 39.7 Å². The summed E-state index contributed by atoms with van der Waals surface area (Å²) in [6.45, 7) is 13.0. The van der Waals surface area contributed by atoms with E-state index in [4.69, 9.17) is 0 Å². The molecule has 1 aromatic carbocycles. The van der Waals surface area contributed by atoms with E-state index in [9.17, 15) is 0 Å². The van der Waals surface area contributed by atoms with E-state index in [1.807, 2.05) is 0 Å². The molecule has 2 heteroatoms. The minimum atomic E-state index is 0.349. The quantitative estimate of drug-likeness (QED) is 0.909. The van der Waals surface area contributed by atoms with Gasteiger partial charge in [-0.25, -0.2) is 0 Å².